The van der Waals surface area contributed by atoms with Crippen LogP contribution >= 0.6 is 12.4 Å². The molecule has 5 heteroatoms. The second-order valence-electron chi connectivity index (χ2n) is 4.40. The van der Waals surface area contributed by atoms with Crippen LogP contribution in [0.5, 0.6) is 0 Å². The number of pyridine rings is 1. The summed E-state index contributed by atoms with van der Waals surface area (Å²) in [6.45, 7) is 1.66. The van der Waals surface area contributed by atoms with Gasteiger partial charge in [0.25, 0.3) is 0 Å². The van der Waals surface area contributed by atoms with E-state index in [9.17, 15) is 4.79 Å². The van der Waals surface area contributed by atoms with Crippen molar-refractivity contribution in [2.24, 2.45) is 0 Å². The average molecular weight is 270 g/mol. The van der Waals surface area contributed by atoms with E-state index in [1.54, 1.807) is 12.4 Å². The fraction of sp³-hybridized carbons (Fsp3) is 0.538. The number of hydrogen-bond acceptors (Lipinski definition) is 3. The molecule has 0 radical (unpaired) electrons. The number of aromatic nitrogens is 1. The van der Waals surface area contributed by atoms with Crippen LogP contribution in [0.4, 0.5) is 0 Å². The van der Waals surface area contributed by atoms with Crippen LogP contribution in [-0.2, 0) is 11.2 Å². The number of amides is 1. The third-order valence-corrected chi connectivity index (χ3v) is 3.09. The quantitative estimate of drug-likeness (QED) is 0.866. The summed E-state index contributed by atoms with van der Waals surface area (Å²) in [7, 11) is 0. The van der Waals surface area contributed by atoms with Gasteiger partial charge in [0.05, 0.1) is 6.04 Å². The molecule has 1 aromatic heterocycles. The van der Waals surface area contributed by atoms with Gasteiger partial charge in [0, 0.05) is 18.9 Å². The molecule has 0 bridgehead atoms. The van der Waals surface area contributed by atoms with Crippen molar-refractivity contribution in [3.63, 3.8) is 0 Å². The smallest absolute Gasteiger partial charge is 0.237 e. The van der Waals surface area contributed by atoms with Gasteiger partial charge in [-0.05, 0) is 43.5 Å². The minimum atomic E-state index is 0. The molecular formula is C13H20ClN3O. The molecule has 1 saturated heterocycles. The van der Waals surface area contributed by atoms with Gasteiger partial charge in [-0.15, -0.1) is 12.4 Å². The fourth-order valence-corrected chi connectivity index (χ4v) is 2.08. The molecule has 0 aliphatic carbocycles. The van der Waals surface area contributed by atoms with Crippen molar-refractivity contribution < 1.29 is 4.79 Å². The van der Waals surface area contributed by atoms with Gasteiger partial charge in [0.1, 0.15) is 0 Å². The zero-order chi connectivity index (χ0) is 11.9. The molecule has 0 saturated carbocycles. The number of rotatable bonds is 4. The Morgan fingerprint density at radius 1 is 1.39 bits per heavy atom. The van der Waals surface area contributed by atoms with E-state index in [1.807, 2.05) is 12.1 Å². The van der Waals surface area contributed by atoms with E-state index >= 15 is 0 Å². The summed E-state index contributed by atoms with van der Waals surface area (Å²) in [4.78, 5) is 15.8. The summed E-state index contributed by atoms with van der Waals surface area (Å²) >= 11 is 0. The van der Waals surface area contributed by atoms with Crippen LogP contribution in [0.3, 0.4) is 0 Å². The van der Waals surface area contributed by atoms with Crippen LogP contribution in [0.1, 0.15) is 24.8 Å². The van der Waals surface area contributed by atoms with Gasteiger partial charge in [0.2, 0.25) is 5.91 Å². The molecule has 4 nitrogen and oxygen atoms in total. The Labute approximate surface area is 114 Å². The van der Waals surface area contributed by atoms with E-state index in [1.165, 1.54) is 12.0 Å². The molecule has 0 spiro atoms. The number of piperidine rings is 1. The van der Waals surface area contributed by atoms with Crippen molar-refractivity contribution in [2.45, 2.75) is 31.7 Å². The van der Waals surface area contributed by atoms with Crippen molar-refractivity contribution >= 4 is 18.3 Å². The normalized spacial score (nSPS) is 18.8. The highest BCUT2D eigenvalue weighted by molar-refractivity contribution is 5.85. The van der Waals surface area contributed by atoms with Crippen LogP contribution in [-0.4, -0.2) is 30.0 Å². The van der Waals surface area contributed by atoms with Gasteiger partial charge < -0.3 is 10.6 Å². The number of hydrogen-bond donors (Lipinski definition) is 2. The van der Waals surface area contributed by atoms with Crippen molar-refractivity contribution in [1.29, 1.82) is 0 Å². The zero-order valence-electron chi connectivity index (χ0n) is 10.4. The van der Waals surface area contributed by atoms with E-state index in [0.29, 0.717) is 6.54 Å². The first kappa shape index (κ1) is 14.9. The van der Waals surface area contributed by atoms with Crippen molar-refractivity contribution in [3.8, 4) is 0 Å². The number of carbonyl (C=O) groups is 1. The molecule has 1 aromatic rings. The van der Waals surface area contributed by atoms with Gasteiger partial charge in [-0.3, -0.25) is 9.78 Å². The zero-order valence-corrected chi connectivity index (χ0v) is 11.2. The molecule has 2 rings (SSSR count). The lowest BCUT2D eigenvalue weighted by atomic mass is 10.0. The van der Waals surface area contributed by atoms with Crippen LogP contribution < -0.4 is 10.6 Å². The number of nitrogens with zero attached hydrogens (tertiary/aromatic N) is 1. The van der Waals surface area contributed by atoms with Crippen LogP contribution in [0, 0.1) is 0 Å². The van der Waals surface area contributed by atoms with Gasteiger partial charge in [-0.1, -0.05) is 6.42 Å². The number of halogens is 1. The fourth-order valence-electron chi connectivity index (χ4n) is 2.08. The molecule has 1 unspecified atom stereocenters. The lowest BCUT2D eigenvalue weighted by Gasteiger charge is -2.22. The van der Waals surface area contributed by atoms with E-state index in [4.69, 9.17) is 0 Å². The summed E-state index contributed by atoms with van der Waals surface area (Å²) in [6, 6.07) is 3.97. The average Bonchev–Trinajstić information content (AvgIpc) is 2.41. The molecule has 1 atom stereocenters. The summed E-state index contributed by atoms with van der Waals surface area (Å²) in [5.41, 5.74) is 1.21. The minimum absolute atomic E-state index is 0. The third kappa shape index (κ3) is 4.63. The SMILES string of the molecule is Cl.O=C(NCCc1ccncc1)C1CCCCN1. The first-order valence-electron chi connectivity index (χ1n) is 6.26. The molecule has 100 valence electrons. The van der Waals surface area contributed by atoms with Gasteiger partial charge in [-0.2, -0.15) is 0 Å². The Hall–Kier alpha value is -1.13. The highest BCUT2D eigenvalue weighted by atomic mass is 35.5. The largest absolute Gasteiger partial charge is 0.354 e. The lowest BCUT2D eigenvalue weighted by molar-refractivity contribution is -0.123. The Morgan fingerprint density at radius 3 is 2.83 bits per heavy atom. The topological polar surface area (TPSA) is 54.0 Å². The molecule has 2 heterocycles. The Kier molecular flexibility index (Phi) is 6.68. The van der Waals surface area contributed by atoms with Crippen LogP contribution in [0.2, 0.25) is 0 Å². The third-order valence-electron chi connectivity index (χ3n) is 3.09. The molecule has 1 aliphatic rings. The summed E-state index contributed by atoms with van der Waals surface area (Å²) in [5.74, 6) is 0.138. The molecule has 1 amide bonds. The van der Waals surface area contributed by atoms with Crippen LogP contribution in [0.15, 0.2) is 24.5 Å². The summed E-state index contributed by atoms with van der Waals surface area (Å²) < 4.78 is 0. The van der Waals surface area contributed by atoms with E-state index in [2.05, 4.69) is 15.6 Å². The van der Waals surface area contributed by atoms with Gasteiger partial charge in [-0.25, -0.2) is 0 Å². The molecule has 0 aromatic carbocycles. The maximum absolute atomic E-state index is 11.8. The molecule has 1 aliphatic heterocycles. The molecule has 18 heavy (non-hydrogen) atoms. The summed E-state index contributed by atoms with van der Waals surface area (Å²) in [6.07, 6.45) is 7.71. The Morgan fingerprint density at radius 2 is 2.17 bits per heavy atom. The maximum atomic E-state index is 11.8. The van der Waals surface area contributed by atoms with Gasteiger partial charge in [0.15, 0.2) is 0 Å². The first-order chi connectivity index (χ1) is 8.36. The van der Waals surface area contributed by atoms with Crippen molar-refractivity contribution in [2.75, 3.05) is 13.1 Å². The second-order valence-corrected chi connectivity index (χ2v) is 4.40. The summed E-state index contributed by atoms with van der Waals surface area (Å²) in [5, 5.41) is 6.22. The predicted octanol–water partition coefficient (Wildman–Crippen LogP) is 1.30. The first-order valence-corrected chi connectivity index (χ1v) is 6.26. The maximum Gasteiger partial charge on any atom is 0.237 e. The van der Waals surface area contributed by atoms with E-state index in [0.717, 1.165) is 25.8 Å². The van der Waals surface area contributed by atoms with Gasteiger partial charge >= 0.3 is 0 Å². The molecule has 1 fully saturated rings. The highest BCUT2D eigenvalue weighted by Gasteiger charge is 2.19. The number of nitrogens with one attached hydrogen (secondary N) is 2. The monoisotopic (exact) mass is 269 g/mol. The van der Waals surface area contributed by atoms with E-state index in [-0.39, 0.29) is 24.4 Å². The number of carbonyl (C=O) groups excluding carboxylic acids is 1. The van der Waals surface area contributed by atoms with Crippen molar-refractivity contribution in [1.82, 2.24) is 15.6 Å². The molecular weight excluding hydrogens is 250 g/mol. The van der Waals surface area contributed by atoms with E-state index < -0.39 is 0 Å². The minimum Gasteiger partial charge on any atom is -0.354 e. The van der Waals surface area contributed by atoms with Crippen LogP contribution in [0.25, 0.3) is 0 Å². The second kappa shape index (κ2) is 8.06. The highest BCUT2D eigenvalue weighted by Crippen LogP contribution is 2.06. The predicted molar refractivity (Wildman–Crippen MR) is 73.8 cm³/mol. The Balaban J connectivity index is 0.00000162. The van der Waals surface area contributed by atoms with Crippen molar-refractivity contribution in [3.05, 3.63) is 30.1 Å². The molecule has 2 N–H and O–H groups in total. The Bertz CT molecular complexity index is 353. The lowest BCUT2D eigenvalue weighted by Crippen LogP contribution is -2.47. The standard InChI is InChI=1S/C13H19N3O.ClH/c17-13(12-3-1-2-7-15-12)16-10-6-11-4-8-14-9-5-11;/h4-5,8-9,12,15H,1-3,6-7,10H2,(H,16,17);1H.